The number of benzene rings is 5. The molecule has 0 unspecified atom stereocenters. The number of rotatable bonds is 7. The molecule has 1 amide bonds. The van der Waals surface area contributed by atoms with Gasteiger partial charge in [0.1, 0.15) is 11.2 Å². The number of carbonyl (C=O) groups is 2. The van der Waals surface area contributed by atoms with Crippen LogP contribution in [0.25, 0.3) is 10.8 Å². The van der Waals surface area contributed by atoms with Crippen LogP contribution in [0.1, 0.15) is 43.1 Å². The van der Waals surface area contributed by atoms with E-state index in [1.807, 2.05) is 89.6 Å². The molecule has 0 aliphatic rings. The molecule has 0 aliphatic heterocycles. The van der Waals surface area contributed by atoms with Crippen molar-refractivity contribution in [3.8, 4) is 0 Å². The van der Waals surface area contributed by atoms with Gasteiger partial charge in [0.25, 0.3) is 5.91 Å². The number of nitrogens with zero attached hydrogens (tertiary/aromatic N) is 2. The summed E-state index contributed by atoms with van der Waals surface area (Å²) in [5.41, 5.74) is 3.90. The predicted molar refractivity (Wildman–Crippen MR) is 158 cm³/mol. The highest BCUT2D eigenvalue weighted by atomic mass is 16.1. The third-order valence-corrected chi connectivity index (χ3v) is 7.37. The van der Waals surface area contributed by atoms with Crippen molar-refractivity contribution >= 4 is 22.5 Å². The minimum absolute atomic E-state index is 0.147. The molecule has 194 valence electrons. The smallest absolute Gasteiger partial charge is 0.251 e. The van der Waals surface area contributed by atoms with E-state index in [0.29, 0.717) is 16.8 Å². The summed E-state index contributed by atoms with van der Waals surface area (Å²) < 4.78 is 2.04. The standard InChI is InChI=1S/C35H27N3O2/c1-36-34(40)28-20-18-25-21-27(19-17-26(25)22-28)33(39)32-23-38(24-37-32)35(29-11-5-2-6-12-29,30-13-7-3-8-14-30)31-15-9-4-10-16-31/h2-24H,1H3,(H,36,40). The van der Waals surface area contributed by atoms with Crippen LogP contribution in [0.3, 0.4) is 0 Å². The van der Waals surface area contributed by atoms with Crippen LogP contribution >= 0.6 is 0 Å². The highest BCUT2D eigenvalue weighted by molar-refractivity contribution is 6.09. The van der Waals surface area contributed by atoms with Crippen molar-refractivity contribution < 1.29 is 9.59 Å². The second-order valence-corrected chi connectivity index (χ2v) is 9.66. The first-order chi connectivity index (χ1) is 19.6. The Hall–Kier alpha value is -5.29. The Morgan fingerprint density at radius 2 is 1.12 bits per heavy atom. The van der Waals surface area contributed by atoms with Gasteiger partial charge in [-0.25, -0.2) is 4.98 Å². The Labute approximate surface area is 232 Å². The van der Waals surface area contributed by atoms with Gasteiger partial charge in [-0.3, -0.25) is 9.59 Å². The number of hydrogen-bond acceptors (Lipinski definition) is 3. The van der Waals surface area contributed by atoms with Gasteiger partial charge in [0.2, 0.25) is 5.78 Å². The quantitative estimate of drug-likeness (QED) is 0.194. The minimum atomic E-state index is -0.741. The Morgan fingerprint density at radius 1 is 0.650 bits per heavy atom. The molecule has 1 N–H and O–H groups in total. The van der Waals surface area contributed by atoms with Crippen molar-refractivity contribution in [3.63, 3.8) is 0 Å². The molecule has 0 spiro atoms. The average Bonchev–Trinajstić information content (AvgIpc) is 3.52. The van der Waals surface area contributed by atoms with E-state index in [4.69, 9.17) is 0 Å². The lowest BCUT2D eigenvalue weighted by molar-refractivity contribution is 0.0962. The maximum atomic E-state index is 13.7. The fourth-order valence-electron chi connectivity index (χ4n) is 5.43. The van der Waals surface area contributed by atoms with E-state index in [1.54, 1.807) is 25.5 Å². The Morgan fingerprint density at radius 3 is 1.62 bits per heavy atom. The summed E-state index contributed by atoms with van der Waals surface area (Å²) in [7, 11) is 1.61. The Kier molecular flexibility index (Phi) is 6.54. The normalized spacial score (nSPS) is 11.3. The zero-order chi connectivity index (χ0) is 27.5. The first kappa shape index (κ1) is 25.0. The van der Waals surface area contributed by atoms with Gasteiger partial charge in [0, 0.05) is 24.4 Å². The van der Waals surface area contributed by atoms with Crippen molar-refractivity contribution in [2.24, 2.45) is 0 Å². The molecule has 5 nitrogen and oxygen atoms in total. The number of imidazole rings is 1. The number of carbonyl (C=O) groups excluding carboxylic acids is 2. The molecule has 40 heavy (non-hydrogen) atoms. The van der Waals surface area contributed by atoms with E-state index in [1.165, 1.54) is 0 Å². The zero-order valence-corrected chi connectivity index (χ0v) is 22.0. The average molecular weight is 522 g/mol. The van der Waals surface area contributed by atoms with Crippen LogP contribution in [0, 0.1) is 0 Å². The third kappa shape index (κ3) is 4.28. The zero-order valence-electron chi connectivity index (χ0n) is 22.0. The largest absolute Gasteiger partial charge is 0.355 e. The summed E-state index contributed by atoms with van der Waals surface area (Å²) in [6.45, 7) is 0. The highest BCUT2D eigenvalue weighted by Gasteiger charge is 2.38. The molecular formula is C35H27N3O2. The van der Waals surface area contributed by atoms with Gasteiger partial charge in [-0.2, -0.15) is 0 Å². The van der Waals surface area contributed by atoms with E-state index < -0.39 is 5.54 Å². The molecule has 6 rings (SSSR count). The number of amides is 1. The molecule has 0 radical (unpaired) electrons. The van der Waals surface area contributed by atoms with Crippen LogP contribution in [-0.2, 0) is 5.54 Å². The summed E-state index contributed by atoms with van der Waals surface area (Å²) in [6, 6.07) is 41.8. The molecule has 1 aromatic heterocycles. The maximum absolute atomic E-state index is 13.7. The van der Waals surface area contributed by atoms with Gasteiger partial charge < -0.3 is 9.88 Å². The van der Waals surface area contributed by atoms with Gasteiger partial charge in [-0.15, -0.1) is 0 Å². The number of ketones is 1. The molecule has 0 saturated heterocycles. The van der Waals surface area contributed by atoms with Crippen LogP contribution in [-0.4, -0.2) is 28.3 Å². The van der Waals surface area contributed by atoms with Crippen LogP contribution < -0.4 is 5.32 Å². The summed E-state index contributed by atoms with van der Waals surface area (Å²) in [6.07, 6.45) is 3.59. The minimum Gasteiger partial charge on any atom is -0.355 e. The molecular weight excluding hydrogens is 494 g/mol. The van der Waals surface area contributed by atoms with Crippen LogP contribution in [0.4, 0.5) is 0 Å². The summed E-state index contributed by atoms with van der Waals surface area (Å²) in [5, 5.41) is 4.41. The fraction of sp³-hybridized carbons (Fsp3) is 0.0571. The molecule has 5 aromatic carbocycles. The SMILES string of the molecule is CNC(=O)c1ccc2cc(C(=O)c3cn(C(c4ccccc4)(c4ccccc4)c4ccccc4)cn3)ccc2c1. The first-order valence-electron chi connectivity index (χ1n) is 13.1. The molecule has 0 aliphatic carbocycles. The van der Waals surface area contributed by atoms with E-state index in [-0.39, 0.29) is 11.7 Å². The van der Waals surface area contributed by atoms with Crippen molar-refractivity contribution in [3.05, 3.63) is 173 Å². The molecule has 6 aromatic rings. The van der Waals surface area contributed by atoms with E-state index in [2.05, 4.69) is 46.7 Å². The Bertz CT molecular complexity index is 1710. The van der Waals surface area contributed by atoms with Crippen LogP contribution in [0.2, 0.25) is 0 Å². The maximum Gasteiger partial charge on any atom is 0.251 e. The number of hydrogen-bond donors (Lipinski definition) is 1. The highest BCUT2D eigenvalue weighted by Crippen LogP contribution is 2.40. The Balaban J connectivity index is 1.47. The predicted octanol–water partition coefficient (Wildman–Crippen LogP) is 6.47. The second kappa shape index (κ2) is 10.5. The molecule has 0 fully saturated rings. The van der Waals surface area contributed by atoms with Crippen molar-refractivity contribution in [1.29, 1.82) is 0 Å². The molecule has 0 atom stereocenters. The van der Waals surface area contributed by atoms with Gasteiger partial charge in [-0.05, 0) is 45.7 Å². The van der Waals surface area contributed by atoms with Gasteiger partial charge >= 0.3 is 0 Å². The number of nitrogens with one attached hydrogen (secondary N) is 1. The first-order valence-corrected chi connectivity index (χ1v) is 13.1. The third-order valence-electron chi connectivity index (χ3n) is 7.37. The lowest BCUT2D eigenvalue weighted by atomic mass is 9.77. The summed E-state index contributed by atoms with van der Waals surface area (Å²) in [4.78, 5) is 30.4. The van der Waals surface area contributed by atoms with Gasteiger partial charge in [0.05, 0.1) is 6.33 Å². The van der Waals surface area contributed by atoms with Crippen LogP contribution in [0.15, 0.2) is 140 Å². The fourth-order valence-corrected chi connectivity index (χ4v) is 5.43. The van der Waals surface area contributed by atoms with E-state index in [9.17, 15) is 9.59 Å². The lowest BCUT2D eigenvalue weighted by Gasteiger charge is -2.37. The summed E-state index contributed by atoms with van der Waals surface area (Å²) >= 11 is 0. The van der Waals surface area contributed by atoms with Crippen molar-refractivity contribution in [2.75, 3.05) is 7.05 Å². The lowest BCUT2D eigenvalue weighted by Crippen LogP contribution is -2.37. The van der Waals surface area contributed by atoms with E-state index in [0.717, 1.165) is 27.5 Å². The molecule has 0 bridgehead atoms. The molecule has 0 saturated carbocycles. The van der Waals surface area contributed by atoms with Crippen LogP contribution in [0.5, 0.6) is 0 Å². The molecule has 5 heteroatoms. The monoisotopic (exact) mass is 521 g/mol. The van der Waals surface area contributed by atoms with Crippen molar-refractivity contribution in [1.82, 2.24) is 14.9 Å². The topological polar surface area (TPSA) is 64.0 Å². The number of fused-ring (bicyclic) bond motifs is 1. The van der Waals surface area contributed by atoms with E-state index >= 15 is 0 Å². The van der Waals surface area contributed by atoms with Crippen molar-refractivity contribution in [2.45, 2.75) is 5.54 Å². The van der Waals surface area contributed by atoms with Gasteiger partial charge in [0.15, 0.2) is 0 Å². The molecule has 1 heterocycles. The second-order valence-electron chi connectivity index (χ2n) is 9.66. The van der Waals surface area contributed by atoms with Gasteiger partial charge in [-0.1, -0.05) is 109 Å². The summed E-state index contributed by atoms with van der Waals surface area (Å²) in [5.74, 6) is -0.314. The number of aromatic nitrogens is 2.